The summed E-state index contributed by atoms with van der Waals surface area (Å²) in [6, 6.07) is 5.99. The van der Waals surface area contributed by atoms with Gasteiger partial charge < -0.3 is 9.73 Å². The van der Waals surface area contributed by atoms with Crippen LogP contribution in [-0.2, 0) is 6.54 Å². The minimum atomic E-state index is 0.776. The van der Waals surface area contributed by atoms with E-state index in [2.05, 4.69) is 17.2 Å². The van der Waals surface area contributed by atoms with Gasteiger partial charge in [0.2, 0.25) is 0 Å². The van der Waals surface area contributed by atoms with Crippen LogP contribution >= 0.6 is 0 Å². The van der Waals surface area contributed by atoms with Gasteiger partial charge in [-0.25, -0.2) is 0 Å². The second-order valence-electron chi connectivity index (χ2n) is 3.67. The molecule has 2 heterocycles. The Hall–Kier alpha value is -1.61. The van der Waals surface area contributed by atoms with Crippen LogP contribution in [0.4, 0.5) is 0 Å². The molecule has 0 spiro atoms. The summed E-state index contributed by atoms with van der Waals surface area (Å²) in [5, 5.41) is 3.34. The maximum absolute atomic E-state index is 5.48. The maximum atomic E-state index is 5.48. The molecule has 0 amide bonds. The molecule has 0 radical (unpaired) electrons. The highest BCUT2D eigenvalue weighted by molar-refractivity contribution is 5.64. The first-order valence-electron chi connectivity index (χ1n) is 5.59. The standard InChI is InChI=1S/C13H16N2O/c1-2-6-15-10-13-12(5-9-16-13)11-3-7-14-8-4-11/h3-5,7-9,15H,2,6,10H2,1H3. The molecule has 0 aromatic carbocycles. The van der Waals surface area contributed by atoms with Crippen LogP contribution in [0.15, 0.2) is 41.3 Å². The molecule has 1 N–H and O–H groups in total. The topological polar surface area (TPSA) is 38.1 Å². The first-order valence-corrected chi connectivity index (χ1v) is 5.59. The number of furan rings is 1. The van der Waals surface area contributed by atoms with Crippen molar-refractivity contribution in [2.45, 2.75) is 19.9 Å². The monoisotopic (exact) mass is 216 g/mol. The lowest BCUT2D eigenvalue weighted by atomic mass is 10.1. The van der Waals surface area contributed by atoms with Crippen LogP contribution < -0.4 is 5.32 Å². The molecule has 3 nitrogen and oxygen atoms in total. The third-order valence-corrected chi connectivity index (χ3v) is 2.45. The summed E-state index contributed by atoms with van der Waals surface area (Å²) in [5.41, 5.74) is 2.29. The van der Waals surface area contributed by atoms with Crippen LogP contribution in [0.3, 0.4) is 0 Å². The van der Waals surface area contributed by atoms with Crippen molar-refractivity contribution in [2.24, 2.45) is 0 Å². The van der Waals surface area contributed by atoms with Gasteiger partial charge in [0.15, 0.2) is 0 Å². The summed E-state index contributed by atoms with van der Waals surface area (Å²) >= 11 is 0. The predicted octanol–water partition coefficient (Wildman–Crippen LogP) is 2.84. The van der Waals surface area contributed by atoms with Crippen molar-refractivity contribution >= 4 is 0 Å². The van der Waals surface area contributed by atoms with Gasteiger partial charge in [-0.15, -0.1) is 0 Å². The predicted molar refractivity (Wildman–Crippen MR) is 63.9 cm³/mol. The van der Waals surface area contributed by atoms with E-state index >= 15 is 0 Å². The van der Waals surface area contributed by atoms with Gasteiger partial charge in [-0.3, -0.25) is 4.98 Å². The lowest BCUT2D eigenvalue weighted by molar-refractivity contribution is 0.484. The molecule has 0 saturated carbocycles. The van der Waals surface area contributed by atoms with Crippen molar-refractivity contribution in [3.63, 3.8) is 0 Å². The largest absolute Gasteiger partial charge is 0.467 e. The zero-order chi connectivity index (χ0) is 11.2. The van der Waals surface area contributed by atoms with Crippen LogP contribution in [0.2, 0.25) is 0 Å². The van der Waals surface area contributed by atoms with Gasteiger partial charge in [-0.1, -0.05) is 6.92 Å². The normalized spacial score (nSPS) is 10.6. The molecule has 84 valence electrons. The number of nitrogens with zero attached hydrogens (tertiary/aromatic N) is 1. The van der Waals surface area contributed by atoms with Gasteiger partial charge in [-0.05, 0) is 36.7 Å². The Morgan fingerprint density at radius 3 is 2.81 bits per heavy atom. The molecule has 0 bridgehead atoms. The summed E-state index contributed by atoms with van der Waals surface area (Å²) in [7, 11) is 0. The van der Waals surface area contributed by atoms with Crippen molar-refractivity contribution in [2.75, 3.05) is 6.54 Å². The van der Waals surface area contributed by atoms with Gasteiger partial charge in [0.25, 0.3) is 0 Å². The summed E-state index contributed by atoms with van der Waals surface area (Å²) in [4.78, 5) is 4.01. The van der Waals surface area contributed by atoms with Gasteiger partial charge in [-0.2, -0.15) is 0 Å². The number of rotatable bonds is 5. The molecular formula is C13H16N2O. The van der Waals surface area contributed by atoms with E-state index in [0.29, 0.717) is 0 Å². The van der Waals surface area contributed by atoms with Gasteiger partial charge in [0.05, 0.1) is 12.8 Å². The number of nitrogens with one attached hydrogen (secondary N) is 1. The highest BCUT2D eigenvalue weighted by Gasteiger charge is 2.07. The molecule has 0 atom stereocenters. The Labute approximate surface area is 95.5 Å². The number of hydrogen-bond donors (Lipinski definition) is 1. The highest BCUT2D eigenvalue weighted by Crippen LogP contribution is 2.23. The first kappa shape index (κ1) is 10.9. The fourth-order valence-corrected chi connectivity index (χ4v) is 1.64. The molecule has 2 aromatic heterocycles. The maximum Gasteiger partial charge on any atom is 0.125 e. The Balaban J connectivity index is 2.13. The van der Waals surface area contributed by atoms with Crippen molar-refractivity contribution < 1.29 is 4.42 Å². The van der Waals surface area contributed by atoms with Crippen LogP contribution in [-0.4, -0.2) is 11.5 Å². The quantitative estimate of drug-likeness (QED) is 0.781. The van der Waals surface area contributed by atoms with Crippen molar-refractivity contribution in [3.8, 4) is 11.1 Å². The molecule has 0 aliphatic rings. The van der Waals surface area contributed by atoms with E-state index in [1.54, 1.807) is 18.7 Å². The molecule has 3 heteroatoms. The fourth-order valence-electron chi connectivity index (χ4n) is 1.64. The lowest BCUT2D eigenvalue weighted by Crippen LogP contribution is -2.13. The molecule has 0 aliphatic carbocycles. The van der Waals surface area contributed by atoms with Gasteiger partial charge >= 0.3 is 0 Å². The summed E-state index contributed by atoms with van der Waals surface area (Å²) in [5.74, 6) is 0.986. The smallest absolute Gasteiger partial charge is 0.125 e. The van der Waals surface area contributed by atoms with E-state index in [4.69, 9.17) is 4.42 Å². The minimum absolute atomic E-state index is 0.776. The average Bonchev–Trinajstić information content (AvgIpc) is 2.79. The second-order valence-corrected chi connectivity index (χ2v) is 3.67. The second kappa shape index (κ2) is 5.47. The SMILES string of the molecule is CCCNCc1occc1-c1ccncc1. The zero-order valence-corrected chi connectivity index (χ0v) is 9.44. The molecular weight excluding hydrogens is 200 g/mol. The molecule has 16 heavy (non-hydrogen) atoms. The third kappa shape index (κ3) is 2.49. The van der Waals surface area contributed by atoms with Crippen molar-refractivity contribution in [3.05, 3.63) is 42.6 Å². The number of hydrogen-bond acceptors (Lipinski definition) is 3. The third-order valence-electron chi connectivity index (χ3n) is 2.45. The number of pyridine rings is 1. The molecule has 0 saturated heterocycles. The molecule has 0 unspecified atom stereocenters. The lowest BCUT2D eigenvalue weighted by Gasteiger charge is -2.03. The average molecular weight is 216 g/mol. The summed E-state index contributed by atoms with van der Waals surface area (Å²) in [6.45, 7) is 3.94. The van der Waals surface area contributed by atoms with Crippen LogP contribution in [0.5, 0.6) is 0 Å². The Bertz CT molecular complexity index is 423. The summed E-state index contributed by atoms with van der Waals surface area (Å²) < 4.78 is 5.48. The number of aromatic nitrogens is 1. The molecule has 0 aliphatic heterocycles. The highest BCUT2D eigenvalue weighted by atomic mass is 16.3. The van der Waals surface area contributed by atoms with E-state index in [0.717, 1.165) is 36.4 Å². The Kier molecular flexibility index (Phi) is 3.72. The summed E-state index contributed by atoms with van der Waals surface area (Å²) in [6.07, 6.45) is 6.46. The van der Waals surface area contributed by atoms with E-state index in [9.17, 15) is 0 Å². The van der Waals surface area contributed by atoms with E-state index in [1.165, 1.54) is 0 Å². The fraction of sp³-hybridized carbons (Fsp3) is 0.308. The van der Waals surface area contributed by atoms with Crippen LogP contribution in [0.1, 0.15) is 19.1 Å². The Morgan fingerprint density at radius 2 is 2.06 bits per heavy atom. The zero-order valence-electron chi connectivity index (χ0n) is 9.44. The molecule has 2 aromatic rings. The minimum Gasteiger partial charge on any atom is -0.467 e. The van der Waals surface area contributed by atoms with Gasteiger partial charge in [0, 0.05) is 18.0 Å². The Morgan fingerprint density at radius 1 is 1.25 bits per heavy atom. The molecule has 2 rings (SSSR count). The first-order chi connectivity index (χ1) is 7.92. The van der Waals surface area contributed by atoms with Gasteiger partial charge in [0.1, 0.15) is 5.76 Å². The van der Waals surface area contributed by atoms with E-state index < -0.39 is 0 Å². The van der Waals surface area contributed by atoms with Crippen LogP contribution in [0, 0.1) is 0 Å². The van der Waals surface area contributed by atoms with Crippen molar-refractivity contribution in [1.82, 2.24) is 10.3 Å². The van der Waals surface area contributed by atoms with E-state index in [1.807, 2.05) is 18.2 Å². The van der Waals surface area contributed by atoms with Crippen molar-refractivity contribution in [1.29, 1.82) is 0 Å². The van der Waals surface area contributed by atoms with Crippen LogP contribution in [0.25, 0.3) is 11.1 Å². The van der Waals surface area contributed by atoms with E-state index in [-0.39, 0.29) is 0 Å². The molecule has 0 fully saturated rings.